The van der Waals surface area contributed by atoms with Crippen LogP contribution >= 0.6 is 11.6 Å². The van der Waals surface area contributed by atoms with Gasteiger partial charge < -0.3 is 9.52 Å². The number of aryl methyl sites for hydroxylation is 1. The van der Waals surface area contributed by atoms with Crippen molar-refractivity contribution < 1.29 is 9.52 Å². The minimum atomic E-state index is -0.292. The van der Waals surface area contributed by atoms with Gasteiger partial charge in [-0.3, -0.25) is 4.99 Å². The quantitative estimate of drug-likeness (QED) is 0.582. The molecule has 0 saturated carbocycles. The lowest BCUT2D eigenvalue weighted by Crippen LogP contribution is -1.83. The van der Waals surface area contributed by atoms with E-state index in [9.17, 15) is 5.11 Å². The monoisotopic (exact) mass is 313 g/mol. The van der Waals surface area contributed by atoms with Crippen molar-refractivity contribution in [3.8, 4) is 17.4 Å². The Morgan fingerprint density at radius 2 is 2.00 bits per heavy atom. The predicted molar refractivity (Wildman–Crippen MR) is 84.8 cm³/mol. The van der Waals surface area contributed by atoms with Crippen molar-refractivity contribution in [1.82, 2.24) is 9.97 Å². The fourth-order valence-electron chi connectivity index (χ4n) is 1.83. The van der Waals surface area contributed by atoms with Crippen molar-refractivity contribution in [2.24, 2.45) is 4.99 Å². The van der Waals surface area contributed by atoms with E-state index in [1.165, 1.54) is 6.21 Å². The SMILES string of the molecule is Cc1ccc(-c2nc(C=Nc3cccnc3Cl)c(O)o2)cc1. The molecule has 0 saturated heterocycles. The molecule has 3 rings (SSSR count). The molecule has 0 aliphatic rings. The lowest BCUT2D eigenvalue weighted by molar-refractivity contribution is 0.337. The molecule has 0 fully saturated rings. The van der Waals surface area contributed by atoms with E-state index in [-0.39, 0.29) is 16.8 Å². The minimum absolute atomic E-state index is 0.232. The molecule has 110 valence electrons. The van der Waals surface area contributed by atoms with Gasteiger partial charge in [-0.25, -0.2) is 9.97 Å². The molecule has 22 heavy (non-hydrogen) atoms. The molecule has 1 aromatic carbocycles. The van der Waals surface area contributed by atoms with Crippen LogP contribution in [0.5, 0.6) is 5.95 Å². The van der Waals surface area contributed by atoms with Gasteiger partial charge in [0.1, 0.15) is 5.69 Å². The van der Waals surface area contributed by atoms with Crippen molar-refractivity contribution in [3.63, 3.8) is 0 Å². The van der Waals surface area contributed by atoms with E-state index in [4.69, 9.17) is 16.0 Å². The Labute approximate surface area is 132 Å². The van der Waals surface area contributed by atoms with Crippen LogP contribution in [-0.2, 0) is 0 Å². The van der Waals surface area contributed by atoms with E-state index in [0.717, 1.165) is 11.1 Å². The standard InChI is InChI=1S/C16H12ClN3O2/c1-10-4-6-11(7-5-10)15-20-13(16(21)22-15)9-19-12-3-2-8-18-14(12)17/h2-9,21H,1H3. The highest BCUT2D eigenvalue weighted by atomic mass is 35.5. The molecular weight excluding hydrogens is 302 g/mol. The molecule has 0 radical (unpaired) electrons. The van der Waals surface area contributed by atoms with Gasteiger partial charge in [-0.1, -0.05) is 29.3 Å². The molecular formula is C16H12ClN3O2. The molecule has 6 heteroatoms. The zero-order valence-corrected chi connectivity index (χ0v) is 12.4. The highest BCUT2D eigenvalue weighted by Gasteiger charge is 2.12. The van der Waals surface area contributed by atoms with Crippen LogP contribution in [0.3, 0.4) is 0 Å². The third-order valence-corrected chi connectivity index (χ3v) is 3.29. The number of aliphatic imine (C=N–C) groups is 1. The second kappa shape index (κ2) is 5.99. The van der Waals surface area contributed by atoms with Crippen molar-refractivity contribution >= 4 is 23.5 Å². The van der Waals surface area contributed by atoms with Gasteiger partial charge in [0.25, 0.3) is 0 Å². The van der Waals surface area contributed by atoms with Gasteiger partial charge in [0.2, 0.25) is 5.89 Å². The number of pyridine rings is 1. The fraction of sp³-hybridized carbons (Fsp3) is 0.0625. The van der Waals surface area contributed by atoms with Gasteiger partial charge in [0, 0.05) is 11.8 Å². The van der Waals surface area contributed by atoms with Gasteiger partial charge in [0.15, 0.2) is 10.8 Å². The lowest BCUT2D eigenvalue weighted by atomic mass is 10.1. The van der Waals surface area contributed by atoms with Gasteiger partial charge in [-0.15, -0.1) is 0 Å². The first-order valence-corrected chi connectivity index (χ1v) is 6.93. The van der Waals surface area contributed by atoms with Crippen LogP contribution in [0.25, 0.3) is 11.5 Å². The number of rotatable bonds is 3. The molecule has 0 aliphatic heterocycles. The first kappa shape index (κ1) is 14.3. The third-order valence-electron chi connectivity index (χ3n) is 3.00. The van der Waals surface area contributed by atoms with E-state index in [1.54, 1.807) is 18.3 Å². The molecule has 3 aromatic rings. The van der Waals surface area contributed by atoms with Gasteiger partial charge >= 0.3 is 5.95 Å². The van der Waals surface area contributed by atoms with Gasteiger partial charge in [-0.05, 0) is 31.2 Å². The minimum Gasteiger partial charge on any atom is -0.479 e. The summed E-state index contributed by atoms with van der Waals surface area (Å²) in [4.78, 5) is 12.3. The Balaban J connectivity index is 1.90. The molecule has 0 atom stereocenters. The van der Waals surface area contributed by atoms with Gasteiger partial charge in [0.05, 0.1) is 6.21 Å². The molecule has 1 N–H and O–H groups in total. The molecule has 0 spiro atoms. The summed E-state index contributed by atoms with van der Waals surface area (Å²) in [5, 5.41) is 10.1. The smallest absolute Gasteiger partial charge is 0.312 e. The van der Waals surface area contributed by atoms with Crippen LogP contribution < -0.4 is 0 Å². The number of benzene rings is 1. The summed E-state index contributed by atoms with van der Waals surface area (Å²) in [6.45, 7) is 1.99. The van der Waals surface area contributed by atoms with Crippen molar-refractivity contribution in [2.45, 2.75) is 6.92 Å². The molecule has 2 heterocycles. The molecule has 0 amide bonds. The Bertz CT molecular complexity index is 826. The Morgan fingerprint density at radius 3 is 2.73 bits per heavy atom. The molecule has 0 unspecified atom stereocenters. The van der Waals surface area contributed by atoms with Gasteiger partial charge in [-0.2, -0.15) is 0 Å². The summed E-state index contributed by atoms with van der Waals surface area (Å²) in [5.41, 5.74) is 2.63. The topological polar surface area (TPSA) is 71.5 Å². The molecule has 0 bridgehead atoms. The number of aromatic hydroxyl groups is 1. The van der Waals surface area contributed by atoms with E-state index in [0.29, 0.717) is 11.6 Å². The van der Waals surface area contributed by atoms with Crippen molar-refractivity contribution in [2.75, 3.05) is 0 Å². The highest BCUT2D eigenvalue weighted by Crippen LogP contribution is 2.27. The Morgan fingerprint density at radius 1 is 1.23 bits per heavy atom. The lowest BCUT2D eigenvalue weighted by Gasteiger charge is -1.95. The maximum absolute atomic E-state index is 9.83. The summed E-state index contributed by atoms with van der Waals surface area (Å²) in [6, 6.07) is 11.1. The summed E-state index contributed by atoms with van der Waals surface area (Å²) < 4.78 is 5.26. The fourth-order valence-corrected chi connectivity index (χ4v) is 2.00. The largest absolute Gasteiger partial charge is 0.479 e. The second-order valence-corrected chi connectivity index (χ2v) is 5.00. The average molecular weight is 314 g/mol. The number of nitrogens with zero attached hydrogens (tertiary/aromatic N) is 3. The van der Waals surface area contributed by atoms with Crippen LogP contribution in [0, 0.1) is 6.92 Å². The Kier molecular flexibility index (Phi) is 3.89. The van der Waals surface area contributed by atoms with Crippen molar-refractivity contribution in [3.05, 3.63) is 59.0 Å². The number of aromatic nitrogens is 2. The maximum atomic E-state index is 9.83. The van der Waals surface area contributed by atoms with Crippen LogP contribution in [-0.4, -0.2) is 21.3 Å². The first-order chi connectivity index (χ1) is 10.6. The molecule has 0 aliphatic carbocycles. The molecule has 5 nitrogen and oxygen atoms in total. The summed E-state index contributed by atoms with van der Waals surface area (Å²) in [6.07, 6.45) is 2.96. The summed E-state index contributed by atoms with van der Waals surface area (Å²) in [5.74, 6) is 0.0376. The molecule has 2 aromatic heterocycles. The summed E-state index contributed by atoms with van der Waals surface area (Å²) >= 11 is 5.91. The van der Waals surface area contributed by atoms with Crippen LogP contribution in [0.4, 0.5) is 5.69 Å². The second-order valence-electron chi connectivity index (χ2n) is 4.65. The predicted octanol–water partition coefficient (Wildman–Crippen LogP) is 4.15. The Hall–Kier alpha value is -2.66. The number of halogens is 1. The van der Waals surface area contributed by atoms with Crippen LogP contribution in [0.1, 0.15) is 11.3 Å². The highest BCUT2D eigenvalue weighted by molar-refractivity contribution is 6.31. The van der Waals surface area contributed by atoms with E-state index >= 15 is 0 Å². The average Bonchev–Trinajstić information content (AvgIpc) is 2.88. The zero-order chi connectivity index (χ0) is 15.5. The zero-order valence-electron chi connectivity index (χ0n) is 11.7. The van der Waals surface area contributed by atoms with Crippen LogP contribution in [0.2, 0.25) is 5.15 Å². The number of oxazole rings is 1. The number of hydrogen-bond donors (Lipinski definition) is 1. The van der Waals surface area contributed by atoms with E-state index in [1.807, 2.05) is 31.2 Å². The normalized spacial score (nSPS) is 11.2. The number of hydrogen-bond acceptors (Lipinski definition) is 5. The van der Waals surface area contributed by atoms with E-state index < -0.39 is 0 Å². The summed E-state index contributed by atoms with van der Waals surface area (Å²) in [7, 11) is 0. The first-order valence-electron chi connectivity index (χ1n) is 6.55. The van der Waals surface area contributed by atoms with E-state index in [2.05, 4.69) is 15.0 Å². The van der Waals surface area contributed by atoms with Crippen molar-refractivity contribution in [1.29, 1.82) is 0 Å². The van der Waals surface area contributed by atoms with Crippen LogP contribution in [0.15, 0.2) is 52.0 Å². The third kappa shape index (κ3) is 2.99. The maximum Gasteiger partial charge on any atom is 0.312 e.